The van der Waals surface area contributed by atoms with E-state index in [0.717, 1.165) is 6.42 Å². The van der Waals surface area contributed by atoms with E-state index >= 15 is 0 Å². The number of nitrogens with one attached hydrogen (secondary N) is 1. The Kier molecular flexibility index (Phi) is 12.1. The van der Waals surface area contributed by atoms with Crippen molar-refractivity contribution in [1.82, 2.24) is 5.32 Å². The van der Waals surface area contributed by atoms with Crippen molar-refractivity contribution in [1.29, 1.82) is 0 Å². The van der Waals surface area contributed by atoms with Gasteiger partial charge in [0.1, 0.15) is 18.3 Å². The van der Waals surface area contributed by atoms with Gasteiger partial charge in [-0.15, -0.1) is 0 Å². The molecule has 0 heterocycles. The van der Waals surface area contributed by atoms with E-state index in [1.165, 1.54) is 0 Å². The molecule has 0 aromatic carbocycles. The van der Waals surface area contributed by atoms with Crippen molar-refractivity contribution in [2.24, 2.45) is 27.1 Å². The van der Waals surface area contributed by atoms with E-state index in [-0.39, 0.29) is 35.2 Å². The van der Waals surface area contributed by atoms with Crippen LogP contribution in [-0.2, 0) is 9.53 Å². The average Bonchev–Trinajstić information content (AvgIpc) is 2.75. The molecule has 1 aliphatic carbocycles. The summed E-state index contributed by atoms with van der Waals surface area (Å²) in [5.74, 6) is -0.255. The molecule has 1 amide bonds. The third kappa shape index (κ3) is 12.3. The summed E-state index contributed by atoms with van der Waals surface area (Å²) in [6.45, 7) is 24.2. The molecule has 0 spiro atoms. The minimum absolute atomic E-state index is 0.0345. The van der Waals surface area contributed by atoms with Crippen molar-refractivity contribution in [2.75, 3.05) is 6.61 Å². The lowest BCUT2D eigenvalue weighted by Crippen LogP contribution is -2.56. The Morgan fingerprint density at radius 2 is 1.38 bits per heavy atom. The maximum atomic E-state index is 13.2. The first kappa shape index (κ1) is 36.3. The minimum atomic E-state index is -1.37. The molecule has 0 aromatic heterocycles. The van der Waals surface area contributed by atoms with Crippen LogP contribution in [-0.4, -0.2) is 80.7 Å². The zero-order chi connectivity index (χ0) is 30.8. The summed E-state index contributed by atoms with van der Waals surface area (Å²) in [4.78, 5) is 13.2. The SMILES string of the molecule is CC(C)(C)CC(C)(C)CC(=O)NC(COC1CC(C)(C)CC(O)C(O)C1O)C(O)C(O)C(C)(C)CC(C)(C)C. The number of hydrogen-bond acceptors (Lipinski definition) is 7. The first-order chi connectivity index (χ1) is 17.3. The van der Waals surface area contributed by atoms with E-state index in [9.17, 15) is 30.3 Å². The van der Waals surface area contributed by atoms with Gasteiger partial charge in [-0.2, -0.15) is 0 Å². The smallest absolute Gasteiger partial charge is 0.220 e. The van der Waals surface area contributed by atoms with Gasteiger partial charge in [-0.25, -0.2) is 0 Å². The highest BCUT2D eigenvalue weighted by Gasteiger charge is 2.44. The highest BCUT2D eigenvalue weighted by atomic mass is 16.5. The molecule has 1 rings (SSSR count). The first-order valence-corrected chi connectivity index (χ1v) is 14.6. The lowest BCUT2D eigenvalue weighted by molar-refractivity contribution is -0.139. The van der Waals surface area contributed by atoms with Gasteiger partial charge < -0.3 is 35.6 Å². The lowest BCUT2D eigenvalue weighted by Gasteiger charge is -2.41. The summed E-state index contributed by atoms with van der Waals surface area (Å²) in [5, 5.41) is 57.1. The predicted octanol–water partition coefficient (Wildman–Crippen LogP) is 3.80. The summed E-state index contributed by atoms with van der Waals surface area (Å²) in [6, 6.07) is -0.946. The lowest BCUT2D eigenvalue weighted by atomic mass is 9.71. The number of carbonyl (C=O) groups is 1. The zero-order valence-corrected chi connectivity index (χ0v) is 26.8. The van der Waals surface area contributed by atoms with Crippen LogP contribution in [0.4, 0.5) is 0 Å². The zero-order valence-electron chi connectivity index (χ0n) is 26.8. The molecule has 8 nitrogen and oxygen atoms in total. The van der Waals surface area contributed by atoms with Crippen LogP contribution in [0.5, 0.6) is 0 Å². The van der Waals surface area contributed by atoms with Gasteiger partial charge in [0.25, 0.3) is 0 Å². The molecule has 1 aliphatic rings. The van der Waals surface area contributed by atoms with E-state index in [4.69, 9.17) is 4.74 Å². The minimum Gasteiger partial charge on any atom is -0.390 e. The van der Waals surface area contributed by atoms with Crippen molar-refractivity contribution in [3.05, 3.63) is 0 Å². The highest BCUT2D eigenvalue weighted by Crippen LogP contribution is 2.39. The van der Waals surface area contributed by atoms with Crippen molar-refractivity contribution < 1.29 is 35.1 Å². The second-order valence-electron chi connectivity index (χ2n) is 16.9. The van der Waals surface area contributed by atoms with Crippen LogP contribution in [0.1, 0.15) is 115 Å². The number of rotatable bonds is 11. The van der Waals surface area contributed by atoms with Crippen LogP contribution < -0.4 is 5.32 Å². The van der Waals surface area contributed by atoms with Gasteiger partial charge >= 0.3 is 0 Å². The Balaban J connectivity index is 3.19. The number of amides is 1. The van der Waals surface area contributed by atoms with Gasteiger partial charge in [-0.05, 0) is 52.8 Å². The topological polar surface area (TPSA) is 139 Å². The van der Waals surface area contributed by atoms with Crippen LogP contribution in [0.2, 0.25) is 0 Å². The number of ether oxygens (including phenoxy) is 1. The summed E-state index contributed by atoms with van der Waals surface area (Å²) in [5.41, 5.74) is -1.41. The fraction of sp³-hybridized carbons (Fsp3) is 0.968. The largest absolute Gasteiger partial charge is 0.390 e. The highest BCUT2D eigenvalue weighted by molar-refractivity contribution is 5.77. The van der Waals surface area contributed by atoms with Crippen LogP contribution in [0.25, 0.3) is 0 Å². The van der Waals surface area contributed by atoms with E-state index in [0.29, 0.717) is 19.3 Å². The predicted molar refractivity (Wildman–Crippen MR) is 155 cm³/mol. The molecule has 7 atom stereocenters. The summed E-state index contributed by atoms with van der Waals surface area (Å²) >= 11 is 0. The van der Waals surface area contributed by atoms with Crippen LogP contribution in [0, 0.1) is 27.1 Å². The second-order valence-corrected chi connectivity index (χ2v) is 16.9. The maximum Gasteiger partial charge on any atom is 0.220 e. The Morgan fingerprint density at radius 3 is 1.87 bits per heavy atom. The molecule has 7 unspecified atom stereocenters. The standard InChI is InChI=1S/C31H61NO7/c1-27(2,3)17-30(9,10)15-22(34)32-19(23(35)26(38)31(11,12)18-28(4,5)6)16-39-21-14-29(7,8)13-20(33)24(36)25(21)37/h19-21,23-26,33,35-38H,13-18H2,1-12H3,(H,32,34). The van der Waals surface area contributed by atoms with Gasteiger partial charge in [-0.3, -0.25) is 4.79 Å². The number of hydrogen-bond donors (Lipinski definition) is 6. The third-order valence-corrected chi connectivity index (χ3v) is 7.65. The van der Waals surface area contributed by atoms with E-state index in [1.807, 2.05) is 41.5 Å². The molecule has 1 fully saturated rings. The fourth-order valence-electron chi connectivity index (χ4n) is 6.84. The Hall–Kier alpha value is -0.770. The monoisotopic (exact) mass is 559 g/mol. The molecule has 232 valence electrons. The summed E-state index contributed by atoms with van der Waals surface area (Å²) in [7, 11) is 0. The molecular weight excluding hydrogens is 498 g/mol. The molecule has 6 N–H and O–H groups in total. The quantitative estimate of drug-likeness (QED) is 0.212. The van der Waals surface area contributed by atoms with E-state index in [1.54, 1.807) is 0 Å². The summed E-state index contributed by atoms with van der Waals surface area (Å²) in [6.07, 6.45) is -4.73. The molecule has 0 aromatic rings. The Bertz CT molecular complexity index is 781. The van der Waals surface area contributed by atoms with Crippen molar-refractivity contribution in [3.8, 4) is 0 Å². The number of aliphatic hydroxyl groups excluding tert-OH is 5. The maximum absolute atomic E-state index is 13.2. The Morgan fingerprint density at radius 1 is 0.872 bits per heavy atom. The van der Waals surface area contributed by atoms with Crippen molar-refractivity contribution in [2.45, 2.75) is 158 Å². The molecular formula is C31H61NO7. The van der Waals surface area contributed by atoms with Gasteiger partial charge in [0, 0.05) is 6.42 Å². The summed E-state index contributed by atoms with van der Waals surface area (Å²) < 4.78 is 6.08. The molecule has 1 saturated carbocycles. The Labute approximate surface area is 237 Å². The number of aliphatic hydroxyl groups is 5. The van der Waals surface area contributed by atoms with Crippen molar-refractivity contribution >= 4 is 5.91 Å². The average molecular weight is 560 g/mol. The molecule has 39 heavy (non-hydrogen) atoms. The van der Waals surface area contributed by atoms with Crippen LogP contribution >= 0.6 is 0 Å². The second kappa shape index (κ2) is 13.0. The van der Waals surface area contributed by atoms with Gasteiger partial charge in [0.05, 0.1) is 31.0 Å². The van der Waals surface area contributed by atoms with Crippen LogP contribution in [0.3, 0.4) is 0 Å². The first-order valence-electron chi connectivity index (χ1n) is 14.6. The van der Waals surface area contributed by atoms with Crippen molar-refractivity contribution in [3.63, 3.8) is 0 Å². The van der Waals surface area contributed by atoms with Gasteiger partial charge in [0.2, 0.25) is 5.91 Å². The van der Waals surface area contributed by atoms with Gasteiger partial charge in [-0.1, -0.05) is 83.1 Å². The molecule has 8 heteroatoms. The van der Waals surface area contributed by atoms with E-state index < -0.39 is 53.5 Å². The molecule has 0 radical (unpaired) electrons. The third-order valence-electron chi connectivity index (χ3n) is 7.65. The molecule has 0 aliphatic heterocycles. The fourth-order valence-corrected chi connectivity index (χ4v) is 6.84. The molecule has 0 bridgehead atoms. The van der Waals surface area contributed by atoms with Crippen LogP contribution in [0.15, 0.2) is 0 Å². The van der Waals surface area contributed by atoms with Gasteiger partial charge in [0.15, 0.2) is 0 Å². The van der Waals surface area contributed by atoms with E-state index in [2.05, 4.69) is 46.9 Å². The molecule has 0 saturated heterocycles. The number of carbonyl (C=O) groups excluding carboxylic acids is 1. The normalized spacial score (nSPS) is 27.4.